The molecule has 0 heterocycles. The second-order valence-electron chi connectivity index (χ2n) is 3.26. The van der Waals surface area contributed by atoms with Crippen LogP contribution in [0.2, 0.25) is 10.0 Å². The summed E-state index contributed by atoms with van der Waals surface area (Å²) in [5.74, 6) is 0. The molecular formula is C10H11Cl2N3OS. The molecule has 1 aromatic carbocycles. The lowest BCUT2D eigenvalue weighted by Crippen LogP contribution is -2.31. The number of thiocarbonyl (C=S) groups is 1. The molecule has 0 bridgehead atoms. The number of nitrogens with two attached hydrogens (primary N) is 1. The van der Waals surface area contributed by atoms with Crippen LogP contribution in [0.4, 0.5) is 10.5 Å². The average Bonchev–Trinajstić information content (AvgIpc) is 2.14. The Bertz CT molecular complexity index is 419. The van der Waals surface area contributed by atoms with Crippen molar-refractivity contribution >= 4 is 52.1 Å². The van der Waals surface area contributed by atoms with Crippen LogP contribution in [0.15, 0.2) is 18.2 Å². The Labute approximate surface area is 114 Å². The molecule has 0 radical (unpaired) electrons. The van der Waals surface area contributed by atoms with Crippen LogP contribution in [-0.2, 0) is 0 Å². The Hall–Kier alpha value is -1.04. The van der Waals surface area contributed by atoms with Gasteiger partial charge >= 0.3 is 6.03 Å². The molecular weight excluding hydrogens is 281 g/mol. The summed E-state index contributed by atoms with van der Waals surface area (Å²) in [7, 11) is 0. The maximum absolute atomic E-state index is 11.4. The number of carbonyl (C=O) groups is 1. The van der Waals surface area contributed by atoms with E-state index >= 15 is 0 Å². The molecule has 1 aromatic rings. The van der Waals surface area contributed by atoms with Gasteiger partial charge in [-0.25, -0.2) is 4.79 Å². The summed E-state index contributed by atoms with van der Waals surface area (Å²) >= 11 is 16.3. The third-order valence-electron chi connectivity index (χ3n) is 1.78. The number of urea groups is 1. The molecule has 0 unspecified atom stereocenters. The van der Waals surface area contributed by atoms with Gasteiger partial charge in [-0.15, -0.1) is 0 Å². The molecule has 4 N–H and O–H groups in total. The van der Waals surface area contributed by atoms with Crippen LogP contribution < -0.4 is 16.4 Å². The van der Waals surface area contributed by atoms with Crippen LogP contribution in [0, 0.1) is 0 Å². The molecule has 0 spiro atoms. The zero-order valence-corrected chi connectivity index (χ0v) is 11.1. The standard InChI is InChI=1S/C10H11Cl2N3OS/c11-6-3-7(12)5-8(4-6)15-10(16)14-2-1-9(13)17/h3-5H,1-2H2,(H2,13,17)(H2,14,15,16). The summed E-state index contributed by atoms with van der Waals surface area (Å²) in [4.78, 5) is 11.8. The van der Waals surface area contributed by atoms with Crippen molar-refractivity contribution in [3.63, 3.8) is 0 Å². The smallest absolute Gasteiger partial charge is 0.319 e. The first-order valence-electron chi connectivity index (χ1n) is 4.76. The number of hydrogen-bond acceptors (Lipinski definition) is 2. The van der Waals surface area contributed by atoms with Crippen molar-refractivity contribution in [2.75, 3.05) is 11.9 Å². The molecule has 0 aromatic heterocycles. The van der Waals surface area contributed by atoms with E-state index in [2.05, 4.69) is 22.9 Å². The Balaban J connectivity index is 2.47. The number of benzene rings is 1. The van der Waals surface area contributed by atoms with Crippen molar-refractivity contribution in [1.82, 2.24) is 5.32 Å². The van der Waals surface area contributed by atoms with E-state index in [4.69, 9.17) is 28.9 Å². The fraction of sp³-hybridized carbons (Fsp3) is 0.200. The minimum absolute atomic E-state index is 0.358. The summed E-state index contributed by atoms with van der Waals surface area (Å²) < 4.78 is 0. The number of anilines is 1. The van der Waals surface area contributed by atoms with Gasteiger partial charge in [0.05, 0.1) is 4.99 Å². The summed E-state index contributed by atoms with van der Waals surface area (Å²) in [6.45, 7) is 0.384. The van der Waals surface area contributed by atoms with Crippen molar-refractivity contribution in [1.29, 1.82) is 0 Å². The number of carbonyl (C=O) groups excluding carboxylic acids is 1. The molecule has 4 nitrogen and oxygen atoms in total. The number of rotatable bonds is 4. The molecule has 0 aliphatic rings. The van der Waals surface area contributed by atoms with Crippen LogP contribution >= 0.6 is 35.4 Å². The summed E-state index contributed by atoms with van der Waals surface area (Å²) in [5, 5.41) is 6.10. The summed E-state index contributed by atoms with van der Waals surface area (Å²) in [6.07, 6.45) is 0.457. The number of hydrogen-bond donors (Lipinski definition) is 3. The van der Waals surface area contributed by atoms with Crippen molar-refractivity contribution in [2.24, 2.45) is 5.73 Å². The maximum atomic E-state index is 11.4. The van der Waals surface area contributed by atoms with Crippen molar-refractivity contribution in [3.8, 4) is 0 Å². The van der Waals surface area contributed by atoms with E-state index in [1.54, 1.807) is 18.2 Å². The Morgan fingerprint density at radius 2 is 1.88 bits per heavy atom. The molecule has 0 fully saturated rings. The van der Waals surface area contributed by atoms with E-state index < -0.39 is 0 Å². The number of halogens is 2. The highest BCUT2D eigenvalue weighted by Crippen LogP contribution is 2.22. The first-order valence-corrected chi connectivity index (χ1v) is 5.93. The van der Waals surface area contributed by atoms with Gasteiger partial charge in [-0.1, -0.05) is 35.4 Å². The van der Waals surface area contributed by atoms with Gasteiger partial charge in [0, 0.05) is 28.7 Å². The van der Waals surface area contributed by atoms with Gasteiger partial charge < -0.3 is 16.4 Å². The van der Waals surface area contributed by atoms with E-state index in [1.807, 2.05) is 0 Å². The predicted octanol–water partition coefficient (Wildman–Crippen LogP) is 2.79. The lowest BCUT2D eigenvalue weighted by atomic mass is 10.3. The van der Waals surface area contributed by atoms with Crippen LogP contribution in [0.3, 0.4) is 0 Å². The van der Waals surface area contributed by atoms with E-state index in [0.717, 1.165) is 0 Å². The largest absolute Gasteiger partial charge is 0.393 e. The topological polar surface area (TPSA) is 67.1 Å². The first kappa shape index (κ1) is 14.0. The SMILES string of the molecule is NC(=S)CCNC(=O)Nc1cc(Cl)cc(Cl)c1. The van der Waals surface area contributed by atoms with Crippen LogP contribution in [0.25, 0.3) is 0 Å². The Morgan fingerprint density at radius 3 is 2.41 bits per heavy atom. The molecule has 0 aliphatic carbocycles. The summed E-state index contributed by atoms with van der Waals surface area (Å²) in [6, 6.07) is 4.42. The molecule has 0 saturated heterocycles. The van der Waals surface area contributed by atoms with Crippen molar-refractivity contribution in [3.05, 3.63) is 28.2 Å². The molecule has 17 heavy (non-hydrogen) atoms. The highest BCUT2D eigenvalue weighted by atomic mass is 35.5. The van der Waals surface area contributed by atoms with Gasteiger partial charge in [-0.2, -0.15) is 0 Å². The van der Waals surface area contributed by atoms with Crippen molar-refractivity contribution < 1.29 is 4.79 Å². The van der Waals surface area contributed by atoms with Gasteiger partial charge in [0.25, 0.3) is 0 Å². The second kappa shape index (κ2) is 6.64. The van der Waals surface area contributed by atoms with Crippen molar-refractivity contribution in [2.45, 2.75) is 6.42 Å². The van der Waals surface area contributed by atoms with E-state index in [-0.39, 0.29) is 6.03 Å². The quantitative estimate of drug-likeness (QED) is 0.747. The molecule has 0 aliphatic heterocycles. The fourth-order valence-electron chi connectivity index (χ4n) is 1.10. The van der Waals surface area contributed by atoms with Gasteiger partial charge in [-0.3, -0.25) is 0 Å². The highest BCUT2D eigenvalue weighted by molar-refractivity contribution is 7.80. The minimum Gasteiger partial charge on any atom is -0.393 e. The first-order chi connectivity index (χ1) is 7.97. The van der Waals surface area contributed by atoms with Gasteiger partial charge in [-0.05, 0) is 18.2 Å². The normalized spacial score (nSPS) is 9.76. The number of amides is 2. The number of nitrogens with one attached hydrogen (secondary N) is 2. The minimum atomic E-state index is -0.361. The Kier molecular flexibility index (Phi) is 5.47. The third-order valence-corrected chi connectivity index (χ3v) is 2.42. The maximum Gasteiger partial charge on any atom is 0.319 e. The third kappa shape index (κ3) is 5.72. The van der Waals surface area contributed by atoms with E-state index in [0.29, 0.717) is 33.7 Å². The van der Waals surface area contributed by atoms with Crippen LogP contribution in [0.1, 0.15) is 6.42 Å². The lowest BCUT2D eigenvalue weighted by Gasteiger charge is -2.07. The molecule has 0 saturated carbocycles. The molecule has 2 amide bonds. The highest BCUT2D eigenvalue weighted by Gasteiger charge is 2.03. The predicted molar refractivity (Wildman–Crippen MR) is 74.9 cm³/mol. The second-order valence-corrected chi connectivity index (χ2v) is 4.65. The fourth-order valence-corrected chi connectivity index (χ4v) is 1.73. The van der Waals surface area contributed by atoms with Gasteiger partial charge in [0.1, 0.15) is 0 Å². The zero-order chi connectivity index (χ0) is 12.8. The van der Waals surface area contributed by atoms with E-state index in [1.165, 1.54) is 0 Å². The molecule has 7 heteroatoms. The molecule has 1 rings (SSSR count). The monoisotopic (exact) mass is 291 g/mol. The summed E-state index contributed by atoms with van der Waals surface area (Å²) in [5.41, 5.74) is 5.82. The lowest BCUT2D eigenvalue weighted by molar-refractivity contribution is 0.252. The molecule has 0 atom stereocenters. The van der Waals surface area contributed by atoms with Gasteiger partial charge in [0.2, 0.25) is 0 Å². The Morgan fingerprint density at radius 1 is 1.29 bits per heavy atom. The van der Waals surface area contributed by atoms with E-state index in [9.17, 15) is 4.79 Å². The van der Waals surface area contributed by atoms with Gasteiger partial charge in [0.15, 0.2) is 0 Å². The molecule has 92 valence electrons. The zero-order valence-electron chi connectivity index (χ0n) is 8.80. The van der Waals surface area contributed by atoms with Crippen LogP contribution in [-0.4, -0.2) is 17.6 Å². The average molecular weight is 292 g/mol. The van der Waals surface area contributed by atoms with Crippen LogP contribution in [0.5, 0.6) is 0 Å².